The summed E-state index contributed by atoms with van der Waals surface area (Å²) in [6, 6.07) is 2.02. The monoisotopic (exact) mass is 375 g/mol. The Labute approximate surface area is 148 Å². The smallest absolute Gasteiger partial charge is 0.353 e. The highest BCUT2D eigenvalue weighted by Gasteiger charge is 2.35. The lowest BCUT2D eigenvalue weighted by Gasteiger charge is -2.37. The van der Waals surface area contributed by atoms with Gasteiger partial charge >= 0.3 is 6.18 Å². The molecular formula is C17H21F4N3O2. The summed E-state index contributed by atoms with van der Waals surface area (Å²) in [4.78, 5) is 26.0. The van der Waals surface area contributed by atoms with Crippen LogP contribution in [0, 0.1) is 5.82 Å². The second-order valence-corrected chi connectivity index (χ2v) is 6.43. The minimum absolute atomic E-state index is 0.0743. The van der Waals surface area contributed by atoms with Gasteiger partial charge in [-0.2, -0.15) is 13.2 Å². The van der Waals surface area contributed by atoms with Crippen LogP contribution in [0.5, 0.6) is 0 Å². The first kappa shape index (κ1) is 20.2. The number of alkyl halides is 3. The lowest BCUT2D eigenvalue weighted by atomic mass is 10.1. The van der Waals surface area contributed by atoms with Gasteiger partial charge in [-0.05, 0) is 31.5 Å². The molecule has 1 saturated heterocycles. The lowest BCUT2D eigenvalue weighted by molar-refractivity contribution is -0.140. The molecule has 1 heterocycles. The van der Waals surface area contributed by atoms with Gasteiger partial charge in [0.05, 0.1) is 18.0 Å². The van der Waals surface area contributed by atoms with Gasteiger partial charge in [-0.1, -0.05) is 6.07 Å². The summed E-state index contributed by atoms with van der Waals surface area (Å²) in [6.07, 6.45) is -4.90. The van der Waals surface area contributed by atoms with E-state index in [1.165, 1.54) is 6.07 Å². The van der Waals surface area contributed by atoms with Crippen molar-refractivity contribution in [3.05, 3.63) is 35.1 Å². The maximum atomic E-state index is 13.3. The molecule has 1 aliphatic heterocycles. The van der Waals surface area contributed by atoms with Crippen LogP contribution >= 0.6 is 0 Å². The molecule has 0 aliphatic carbocycles. The number of piperazine rings is 1. The molecular weight excluding hydrogens is 354 g/mol. The van der Waals surface area contributed by atoms with Gasteiger partial charge in [0.1, 0.15) is 5.82 Å². The van der Waals surface area contributed by atoms with Crippen molar-refractivity contribution in [1.82, 2.24) is 15.5 Å². The third-order valence-electron chi connectivity index (χ3n) is 4.24. The number of hydrogen-bond donors (Lipinski definition) is 2. The highest BCUT2D eigenvalue weighted by atomic mass is 19.4. The number of rotatable bonds is 5. The van der Waals surface area contributed by atoms with Crippen LogP contribution in [0.15, 0.2) is 18.2 Å². The van der Waals surface area contributed by atoms with E-state index in [2.05, 4.69) is 10.6 Å². The second kappa shape index (κ2) is 8.03. The molecule has 2 rings (SSSR count). The van der Waals surface area contributed by atoms with E-state index in [4.69, 9.17) is 0 Å². The molecule has 0 spiro atoms. The van der Waals surface area contributed by atoms with E-state index in [9.17, 15) is 27.2 Å². The predicted octanol–water partition coefficient (Wildman–Crippen LogP) is 2.06. The van der Waals surface area contributed by atoms with Crippen LogP contribution in [0.1, 0.15) is 31.4 Å². The highest BCUT2D eigenvalue weighted by molar-refractivity contribution is 5.88. The Bertz CT molecular complexity index is 676. The summed E-state index contributed by atoms with van der Waals surface area (Å²) >= 11 is 0. The van der Waals surface area contributed by atoms with E-state index < -0.39 is 29.5 Å². The molecule has 0 aromatic heterocycles. The SMILES string of the molecule is CC(C)N1CCNC(=O)[C@@H]1CC(=O)NCc1ccc(F)c(C(F)(F)F)c1. The maximum absolute atomic E-state index is 13.3. The third kappa shape index (κ3) is 4.94. The van der Waals surface area contributed by atoms with Gasteiger partial charge in [0.25, 0.3) is 0 Å². The van der Waals surface area contributed by atoms with Crippen LogP contribution in [-0.4, -0.2) is 41.9 Å². The average molecular weight is 375 g/mol. The molecule has 26 heavy (non-hydrogen) atoms. The van der Waals surface area contributed by atoms with E-state index in [1.807, 2.05) is 18.7 Å². The number of carbonyl (C=O) groups is 2. The van der Waals surface area contributed by atoms with Crippen LogP contribution in [-0.2, 0) is 22.3 Å². The zero-order valence-electron chi connectivity index (χ0n) is 14.5. The summed E-state index contributed by atoms with van der Waals surface area (Å²) in [7, 11) is 0. The van der Waals surface area contributed by atoms with Crippen LogP contribution in [0.25, 0.3) is 0 Å². The first-order valence-electron chi connectivity index (χ1n) is 8.25. The molecule has 144 valence electrons. The molecule has 1 aromatic carbocycles. The Kier molecular flexibility index (Phi) is 6.22. The van der Waals surface area contributed by atoms with Gasteiger partial charge < -0.3 is 10.6 Å². The Hall–Kier alpha value is -2.16. The normalized spacial score (nSPS) is 18.7. The third-order valence-corrected chi connectivity index (χ3v) is 4.24. The van der Waals surface area contributed by atoms with Crippen LogP contribution < -0.4 is 10.6 Å². The molecule has 0 bridgehead atoms. The minimum Gasteiger partial charge on any atom is -0.353 e. The summed E-state index contributed by atoms with van der Waals surface area (Å²) < 4.78 is 51.4. The van der Waals surface area contributed by atoms with Crippen LogP contribution in [0.4, 0.5) is 17.6 Å². The molecule has 2 N–H and O–H groups in total. The zero-order valence-corrected chi connectivity index (χ0v) is 14.5. The fourth-order valence-corrected chi connectivity index (χ4v) is 2.91. The molecule has 1 aliphatic rings. The van der Waals surface area contributed by atoms with Gasteiger partial charge in [-0.3, -0.25) is 14.5 Å². The number of carbonyl (C=O) groups excluding carboxylic acids is 2. The van der Waals surface area contributed by atoms with Crippen molar-refractivity contribution < 1.29 is 27.2 Å². The fraction of sp³-hybridized carbons (Fsp3) is 0.529. The summed E-state index contributed by atoms with van der Waals surface area (Å²) in [5.74, 6) is -2.07. The van der Waals surface area contributed by atoms with Gasteiger partial charge in [-0.15, -0.1) is 0 Å². The Morgan fingerprint density at radius 2 is 2.08 bits per heavy atom. The Morgan fingerprint density at radius 3 is 2.69 bits per heavy atom. The van der Waals surface area contributed by atoms with Crippen molar-refractivity contribution in [3.63, 3.8) is 0 Å². The Balaban J connectivity index is 1.99. The number of hydrogen-bond acceptors (Lipinski definition) is 3. The van der Waals surface area contributed by atoms with E-state index in [-0.39, 0.29) is 30.5 Å². The van der Waals surface area contributed by atoms with E-state index in [0.29, 0.717) is 19.2 Å². The van der Waals surface area contributed by atoms with Gasteiger partial charge in [-0.25, -0.2) is 4.39 Å². The van der Waals surface area contributed by atoms with Crippen LogP contribution in [0.3, 0.4) is 0 Å². The van der Waals surface area contributed by atoms with Crippen molar-refractivity contribution in [2.24, 2.45) is 0 Å². The molecule has 9 heteroatoms. The largest absolute Gasteiger partial charge is 0.419 e. The molecule has 0 unspecified atom stereocenters. The molecule has 2 amide bonds. The summed E-state index contributed by atoms with van der Waals surface area (Å²) in [5, 5.41) is 5.19. The van der Waals surface area contributed by atoms with Crippen LogP contribution in [0.2, 0.25) is 0 Å². The fourth-order valence-electron chi connectivity index (χ4n) is 2.91. The molecule has 5 nitrogen and oxygen atoms in total. The molecule has 0 radical (unpaired) electrons. The molecule has 0 saturated carbocycles. The number of nitrogens with one attached hydrogen (secondary N) is 2. The van der Waals surface area contributed by atoms with Crippen molar-refractivity contribution in [2.75, 3.05) is 13.1 Å². The van der Waals surface area contributed by atoms with Crippen molar-refractivity contribution in [2.45, 2.75) is 45.1 Å². The standard InChI is InChI=1S/C17H21F4N3O2/c1-10(2)24-6-5-22-16(26)14(24)8-15(25)23-9-11-3-4-13(18)12(7-11)17(19,20)21/h3-4,7,10,14H,5-6,8-9H2,1-2H3,(H,22,26)(H,23,25)/t14-/m0/s1. The van der Waals surface area contributed by atoms with E-state index in [1.54, 1.807) is 0 Å². The zero-order chi connectivity index (χ0) is 19.5. The molecule has 1 fully saturated rings. The first-order chi connectivity index (χ1) is 12.1. The minimum atomic E-state index is -4.80. The topological polar surface area (TPSA) is 61.4 Å². The quantitative estimate of drug-likeness (QED) is 0.775. The average Bonchev–Trinajstić information content (AvgIpc) is 2.54. The van der Waals surface area contributed by atoms with Gasteiger partial charge in [0.2, 0.25) is 11.8 Å². The number of halogens is 4. The van der Waals surface area contributed by atoms with E-state index in [0.717, 1.165) is 6.07 Å². The van der Waals surface area contributed by atoms with Gasteiger partial charge in [0.15, 0.2) is 0 Å². The van der Waals surface area contributed by atoms with Gasteiger partial charge in [0, 0.05) is 25.7 Å². The van der Waals surface area contributed by atoms with E-state index >= 15 is 0 Å². The van der Waals surface area contributed by atoms with Crippen molar-refractivity contribution in [3.8, 4) is 0 Å². The lowest BCUT2D eigenvalue weighted by Crippen LogP contribution is -2.58. The Morgan fingerprint density at radius 1 is 1.38 bits per heavy atom. The molecule has 1 atom stereocenters. The maximum Gasteiger partial charge on any atom is 0.419 e. The first-order valence-corrected chi connectivity index (χ1v) is 8.25. The summed E-state index contributed by atoms with van der Waals surface area (Å²) in [6.45, 7) is 4.78. The van der Waals surface area contributed by atoms with Crippen molar-refractivity contribution >= 4 is 11.8 Å². The predicted molar refractivity (Wildman–Crippen MR) is 86.5 cm³/mol. The molecule has 1 aromatic rings. The second-order valence-electron chi connectivity index (χ2n) is 6.43. The number of benzene rings is 1. The number of amides is 2. The highest BCUT2D eigenvalue weighted by Crippen LogP contribution is 2.31. The summed E-state index contributed by atoms with van der Waals surface area (Å²) in [5.41, 5.74) is -1.25. The van der Waals surface area contributed by atoms with Crippen molar-refractivity contribution in [1.29, 1.82) is 0 Å². The number of nitrogens with zero attached hydrogens (tertiary/aromatic N) is 1.